The van der Waals surface area contributed by atoms with Gasteiger partial charge in [-0.25, -0.2) is 4.98 Å². The molecule has 1 aromatic carbocycles. The highest BCUT2D eigenvalue weighted by atomic mass is 16.5. The van der Waals surface area contributed by atoms with E-state index < -0.39 is 0 Å². The van der Waals surface area contributed by atoms with E-state index in [0.717, 1.165) is 38.5 Å². The summed E-state index contributed by atoms with van der Waals surface area (Å²) >= 11 is 0. The first-order valence-corrected chi connectivity index (χ1v) is 9.97. The molecule has 0 spiro atoms. The van der Waals surface area contributed by atoms with Gasteiger partial charge in [-0.1, -0.05) is 30.1 Å². The second-order valence-electron chi connectivity index (χ2n) is 7.63. The third-order valence-corrected chi connectivity index (χ3v) is 5.99. The van der Waals surface area contributed by atoms with Gasteiger partial charge in [0.15, 0.2) is 0 Å². The quantitative estimate of drug-likeness (QED) is 0.697. The summed E-state index contributed by atoms with van der Waals surface area (Å²) in [5, 5.41) is 4.30. The Kier molecular flexibility index (Phi) is 4.22. The number of hydrogen-bond donors (Lipinski definition) is 0. The van der Waals surface area contributed by atoms with Gasteiger partial charge >= 0.3 is 0 Å². The van der Waals surface area contributed by atoms with Crippen molar-refractivity contribution < 1.29 is 9.32 Å². The third-order valence-electron chi connectivity index (χ3n) is 5.99. The molecule has 0 radical (unpaired) electrons. The number of para-hydroxylation sites is 1. The fraction of sp³-hybridized carbons (Fsp3) is 0.429. The maximum Gasteiger partial charge on any atom is 0.293 e. The summed E-state index contributed by atoms with van der Waals surface area (Å²) in [6.07, 6.45) is 7.34. The Balaban J connectivity index is 1.65. The highest BCUT2D eigenvalue weighted by molar-refractivity contribution is 5.91. The van der Waals surface area contributed by atoms with E-state index in [9.17, 15) is 9.59 Å². The number of amides is 1. The first kappa shape index (κ1) is 17.2. The lowest BCUT2D eigenvalue weighted by atomic mass is 10.1. The second-order valence-corrected chi connectivity index (χ2v) is 7.63. The minimum atomic E-state index is -0.226. The van der Waals surface area contributed by atoms with Gasteiger partial charge in [-0.2, -0.15) is 0 Å². The largest absolute Gasteiger partial charge is 0.351 e. The molecular weight excluding hydrogens is 356 g/mol. The molecule has 0 N–H and O–H groups in total. The first-order valence-electron chi connectivity index (χ1n) is 9.97. The molecule has 1 saturated carbocycles. The van der Waals surface area contributed by atoms with Crippen molar-refractivity contribution in [2.75, 3.05) is 6.54 Å². The Morgan fingerprint density at radius 2 is 1.89 bits per heavy atom. The summed E-state index contributed by atoms with van der Waals surface area (Å²) < 4.78 is 6.97. The predicted octanol–water partition coefficient (Wildman–Crippen LogP) is 3.48. The van der Waals surface area contributed by atoms with Gasteiger partial charge < -0.3 is 9.42 Å². The van der Waals surface area contributed by atoms with Gasteiger partial charge in [0, 0.05) is 18.7 Å². The molecule has 2 aliphatic rings. The number of carbonyl (C=O) groups excluding carboxylic acids is 1. The van der Waals surface area contributed by atoms with Gasteiger partial charge in [0.2, 0.25) is 5.76 Å². The van der Waals surface area contributed by atoms with Crippen LogP contribution in [0.5, 0.6) is 0 Å². The topological polar surface area (TPSA) is 81.2 Å². The van der Waals surface area contributed by atoms with Crippen molar-refractivity contribution in [1.29, 1.82) is 0 Å². The third kappa shape index (κ3) is 2.73. The van der Waals surface area contributed by atoms with Crippen LogP contribution < -0.4 is 5.56 Å². The van der Waals surface area contributed by atoms with Crippen LogP contribution in [0.4, 0.5) is 0 Å². The zero-order chi connectivity index (χ0) is 19.1. The molecule has 1 saturated heterocycles. The van der Waals surface area contributed by atoms with Crippen LogP contribution in [-0.4, -0.2) is 32.1 Å². The average molecular weight is 378 g/mol. The fourth-order valence-electron chi connectivity index (χ4n) is 4.66. The van der Waals surface area contributed by atoms with Crippen LogP contribution in [0.1, 0.15) is 67.0 Å². The Bertz CT molecular complexity index is 1070. The van der Waals surface area contributed by atoms with Crippen molar-refractivity contribution in [3.05, 3.63) is 58.5 Å². The lowest BCUT2D eigenvalue weighted by molar-refractivity contribution is 0.0682. The van der Waals surface area contributed by atoms with Gasteiger partial charge in [-0.3, -0.25) is 14.2 Å². The van der Waals surface area contributed by atoms with Gasteiger partial charge in [0.1, 0.15) is 5.82 Å². The van der Waals surface area contributed by atoms with Crippen molar-refractivity contribution in [2.24, 2.45) is 0 Å². The summed E-state index contributed by atoms with van der Waals surface area (Å²) in [5.74, 6) is 0.740. The molecule has 144 valence electrons. The second kappa shape index (κ2) is 6.89. The Morgan fingerprint density at radius 3 is 2.68 bits per heavy atom. The van der Waals surface area contributed by atoms with Gasteiger partial charge in [0.05, 0.1) is 23.1 Å². The van der Waals surface area contributed by atoms with E-state index in [-0.39, 0.29) is 29.3 Å². The smallest absolute Gasteiger partial charge is 0.293 e. The molecule has 7 heteroatoms. The average Bonchev–Trinajstić information content (AvgIpc) is 3.49. The lowest BCUT2D eigenvalue weighted by Crippen LogP contribution is -2.36. The molecule has 5 rings (SSSR count). The van der Waals surface area contributed by atoms with Crippen molar-refractivity contribution in [1.82, 2.24) is 19.6 Å². The SMILES string of the molecule is O=C(c1ccno1)N1CCCC1c1nc2ccccc2c(=O)n1C1CCCC1. The van der Waals surface area contributed by atoms with Crippen molar-refractivity contribution in [3.8, 4) is 0 Å². The molecule has 28 heavy (non-hydrogen) atoms. The fourth-order valence-corrected chi connectivity index (χ4v) is 4.66. The predicted molar refractivity (Wildman–Crippen MR) is 103 cm³/mol. The summed E-state index contributed by atoms with van der Waals surface area (Å²) in [4.78, 5) is 33.0. The highest BCUT2D eigenvalue weighted by Gasteiger charge is 2.36. The maximum absolute atomic E-state index is 13.4. The molecule has 3 aromatic rings. The van der Waals surface area contributed by atoms with Crippen molar-refractivity contribution >= 4 is 16.8 Å². The Morgan fingerprint density at radius 1 is 1.07 bits per heavy atom. The normalized spacial score (nSPS) is 20.3. The van der Waals surface area contributed by atoms with Crippen LogP contribution in [-0.2, 0) is 0 Å². The molecule has 1 aliphatic heterocycles. The Hall–Kier alpha value is -2.96. The van der Waals surface area contributed by atoms with E-state index in [1.165, 1.54) is 6.20 Å². The number of rotatable bonds is 3. The number of nitrogens with zero attached hydrogens (tertiary/aromatic N) is 4. The van der Waals surface area contributed by atoms with Crippen molar-refractivity contribution in [3.63, 3.8) is 0 Å². The zero-order valence-electron chi connectivity index (χ0n) is 15.6. The number of benzene rings is 1. The van der Waals surface area contributed by atoms with Gasteiger partial charge in [-0.05, 0) is 37.8 Å². The van der Waals surface area contributed by atoms with Crippen LogP contribution in [0.2, 0.25) is 0 Å². The first-order chi connectivity index (χ1) is 13.7. The summed E-state index contributed by atoms with van der Waals surface area (Å²) in [5.41, 5.74) is 0.696. The molecule has 0 bridgehead atoms. The molecule has 1 atom stereocenters. The van der Waals surface area contributed by atoms with E-state index in [2.05, 4.69) is 5.16 Å². The lowest BCUT2D eigenvalue weighted by Gasteiger charge is -2.28. The van der Waals surface area contributed by atoms with E-state index >= 15 is 0 Å². The van der Waals surface area contributed by atoms with Crippen LogP contribution in [0, 0.1) is 0 Å². The molecule has 7 nitrogen and oxygen atoms in total. The number of fused-ring (bicyclic) bond motifs is 1. The number of hydrogen-bond acceptors (Lipinski definition) is 5. The van der Waals surface area contributed by atoms with Crippen LogP contribution in [0.3, 0.4) is 0 Å². The summed E-state index contributed by atoms with van der Waals surface area (Å²) in [6.45, 7) is 0.623. The number of likely N-dealkylation sites (tertiary alicyclic amines) is 1. The zero-order valence-corrected chi connectivity index (χ0v) is 15.6. The number of carbonyl (C=O) groups is 1. The van der Waals surface area contributed by atoms with Crippen LogP contribution in [0.25, 0.3) is 10.9 Å². The molecule has 3 heterocycles. The molecule has 2 aromatic heterocycles. The molecule has 1 amide bonds. The summed E-state index contributed by atoms with van der Waals surface area (Å²) in [6, 6.07) is 8.99. The highest BCUT2D eigenvalue weighted by Crippen LogP contribution is 2.36. The maximum atomic E-state index is 13.4. The minimum Gasteiger partial charge on any atom is -0.351 e. The number of aromatic nitrogens is 3. The van der Waals surface area contributed by atoms with Crippen molar-refractivity contribution in [2.45, 2.75) is 50.6 Å². The van der Waals surface area contributed by atoms with Gasteiger partial charge in [-0.15, -0.1) is 0 Å². The van der Waals surface area contributed by atoms with E-state index in [0.29, 0.717) is 23.3 Å². The Labute approximate surface area is 162 Å². The molecule has 1 aliphatic carbocycles. The standard InChI is InChI=1S/C21H22N4O3/c26-20-15-8-3-4-9-16(15)23-19(25(20)14-6-1-2-7-14)17-10-5-13-24(17)21(27)18-11-12-22-28-18/h3-4,8-9,11-12,14,17H,1-2,5-7,10,13H2. The molecular formula is C21H22N4O3. The van der Waals surface area contributed by atoms with Gasteiger partial charge in [0.25, 0.3) is 11.5 Å². The minimum absolute atomic E-state index is 0.00599. The monoisotopic (exact) mass is 378 g/mol. The van der Waals surface area contributed by atoms with Crippen LogP contribution in [0.15, 0.2) is 45.8 Å². The van der Waals surface area contributed by atoms with E-state index in [1.807, 2.05) is 28.8 Å². The van der Waals surface area contributed by atoms with E-state index in [1.54, 1.807) is 11.0 Å². The molecule has 1 unspecified atom stereocenters. The summed E-state index contributed by atoms with van der Waals surface area (Å²) in [7, 11) is 0. The molecule has 2 fully saturated rings. The van der Waals surface area contributed by atoms with Crippen LogP contribution >= 0.6 is 0 Å². The van der Waals surface area contributed by atoms with E-state index in [4.69, 9.17) is 9.51 Å².